The smallest absolute Gasteiger partial charge is 0.261 e. The molecule has 3 heterocycles. The largest absolute Gasteiger partial charge is 0.350 e. The number of thiophene rings is 2. The van der Waals surface area contributed by atoms with E-state index in [4.69, 9.17) is 0 Å². The normalized spacial score (nSPS) is 16.5. The molecule has 1 amide bonds. The second kappa shape index (κ2) is 6.60. The Hall–Kier alpha value is -0.690. The van der Waals surface area contributed by atoms with Crippen LogP contribution in [0.15, 0.2) is 27.4 Å². The van der Waals surface area contributed by atoms with Crippen molar-refractivity contribution in [3.05, 3.63) is 42.7 Å². The molecule has 0 saturated carbocycles. The topological polar surface area (TPSA) is 32.3 Å². The molecule has 21 heavy (non-hydrogen) atoms. The average molecular weight is 385 g/mol. The maximum absolute atomic E-state index is 12.1. The second-order valence-corrected chi connectivity index (χ2v) is 8.72. The van der Waals surface area contributed by atoms with Gasteiger partial charge in [0.2, 0.25) is 0 Å². The first kappa shape index (κ1) is 15.2. The number of carbonyl (C=O) groups is 1. The molecule has 0 spiro atoms. The summed E-state index contributed by atoms with van der Waals surface area (Å²) in [5.41, 5.74) is 1.45. The lowest BCUT2D eigenvalue weighted by Gasteiger charge is -2.32. The molecule has 1 N–H and O–H groups in total. The van der Waals surface area contributed by atoms with Gasteiger partial charge in [-0.2, -0.15) is 0 Å². The van der Waals surface area contributed by atoms with E-state index in [0.29, 0.717) is 12.6 Å². The van der Waals surface area contributed by atoms with Crippen molar-refractivity contribution >= 4 is 44.5 Å². The van der Waals surface area contributed by atoms with Crippen molar-refractivity contribution in [1.82, 2.24) is 10.2 Å². The standard InChI is InChI=1S/C15H17BrN2OS2/c1-10(8-17-15(19)13-2-3-14(16)21-13)18-6-4-12-11(9-18)5-7-20-12/h2-3,5,7,10H,4,6,8-9H2,1H3,(H,17,19)/t10-/m0/s1. The van der Waals surface area contributed by atoms with E-state index in [-0.39, 0.29) is 5.91 Å². The van der Waals surface area contributed by atoms with Crippen molar-refractivity contribution in [3.8, 4) is 0 Å². The van der Waals surface area contributed by atoms with Crippen molar-refractivity contribution < 1.29 is 4.79 Å². The van der Waals surface area contributed by atoms with Crippen LogP contribution in [0.3, 0.4) is 0 Å². The van der Waals surface area contributed by atoms with Gasteiger partial charge in [0.25, 0.3) is 5.91 Å². The molecule has 0 unspecified atom stereocenters. The van der Waals surface area contributed by atoms with Crippen molar-refractivity contribution in [3.63, 3.8) is 0 Å². The zero-order valence-electron chi connectivity index (χ0n) is 11.8. The molecule has 0 aliphatic carbocycles. The molecule has 0 radical (unpaired) electrons. The lowest BCUT2D eigenvalue weighted by atomic mass is 10.1. The van der Waals surface area contributed by atoms with Gasteiger partial charge in [0.15, 0.2) is 0 Å². The second-order valence-electron chi connectivity index (χ2n) is 5.25. The van der Waals surface area contributed by atoms with E-state index in [9.17, 15) is 4.79 Å². The molecule has 3 rings (SSSR count). The SMILES string of the molecule is C[C@@H](CNC(=O)c1ccc(Br)s1)N1CCc2sccc2C1. The number of halogens is 1. The van der Waals surface area contributed by atoms with Crippen LogP contribution in [0.5, 0.6) is 0 Å². The highest BCUT2D eigenvalue weighted by Crippen LogP contribution is 2.25. The van der Waals surface area contributed by atoms with Gasteiger partial charge in [-0.25, -0.2) is 0 Å². The van der Waals surface area contributed by atoms with Gasteiger partial charge in [-0.15, -0.1) is 22.7 Å². The average Bonchev–Trinajstić information content (AvgIpc) is 3.12. The third-order valence-electron chi connectivity index (χ3n) is 3.82. The highest BCUT2D eigenvalue weighted by Gasteiger charge is 2.21. The van der Waals surface area contributed by atoms with Crippen LogP contribution in [-0.2, 0) is 13.0 Å². The van der Waals surface area contributed by atoms with E-state index in [1.165, 1.54) is 21.8 Å². The van der Waals surface area contributed by atoms with Gasteiger partial charge in [0, 0.05) is 30.6 Å². The molecule has 2 aromatic rings. The number of rotatable bonds is 4. The lowest BCUT2D eigenvalue weighted by Crippen LogP contribution is -2.44. The summed E-state index contributed by atoms with van der Waals surface area (Å²) in [4.78, 5) is 16.8. The van der Waals surface area contributed by atoms with Gasteiger partial charge >= 0.3 is 0 Å². The summed E-state index contributed by atoms with van der Waals surface area (Å²) >= 11 is 6.71. The molecule has 0 fully saturated rings. The Morgan fingerprint density at radius 1 is 1.48 bits per heavy atom. The van der Waals surface area contributed by atoms with Crippen LogP contribution in [-0.4, -0.2) is 29.9 Å². The fourth-order valence-corrected chi connectivity index (χ4v) is 4.73. The van der Waals surface area contributed by atoms with Gasteiger partial charge in [0.05, 0.1) is 8.66 Å². The third kappa shape index (κ3) is 3.56. The van der Waals surface area contributed by atoms with Crippen LogP contribution in [0.2, 0.25) is 0 Å². The summed E-state index contributed by atoms with van der Waals surface area (Å²) in [5.74, 6) is 0.0192. The molecule has 1 aliphatic heterocycles. The van der Waals surface area contributed by atoms with Crippen molar-refractivity contribution in [2.75, 3.05) is 13.1 Å². The van der Waals surface area contributed by atoms with Crippen molar-refractivity contribution in [1.29, 1.82) is 0 Å². The number of amides is 1. The zero-order chi connectivity index (χ0) is 14.8. The first-order valence-electron chi connectivity index (χ1n) is 6.96. The lowest BCUT2D eigenvalue weighted by molar-refractivity contribution is 0.0937. The molecular weight excluding hydrogens is 368 g/mol. The van der Waals surface area contributed by atoms with Gasteiger partial charge in [-0.05, 0) is 58.4 Å². The summed E-state index contributed by atoms with van der Waals surface area (Å²) in [6, 6.07) is 6.34. The Labute approximate surface area is 141 Å². The zero-order valence-corrected chi connectivity index (χ0v) is 15.0. The van der Waals surface area contributed by atoms with Crippen LogP contribution < -0.4 is 5.32 Å². The van der Waals surface area contributed by atoms with E-state index in [0.717, 1.165) is 28.2 Å². The van der Waals surface area contributed by atoms with Gasteiger partial charge < -0.3 is 5.32 Å². The molecule has 0 aromatic carbocycles. The molecule has 2 aromatic heterocycles. The predicted octanol–water partition coefficient (Wildman–Crippen LogP) is 3.75. The minimum absolute atomic E-state index is 0.0192. The predicted molar refractivity (Wildman–Crippen MR) is 92.2 cm³/mol. The fraction of sp³-hybridized carbons (Fsp3) is 0.400. The summed E-state index contributed by atoms with van der Waals surface area (Å²) in [6.45, 7) is 4.95. The highest BCUT2D eigenvalue weighted by molar-refractivity contribution is 9.11. The van der Waals surface area contributed by atoms with E-state index in [1.54, 1.807) is 0 Å². The highest BCUT2D eigenvalue weighted by atomic mass is 79.9. The summed E-state index contributed by atoms with van der Waals surface area (Å²) in [7, 11) is 0. The maximum atomic E-state index is 12.1. The van der Waals surface area contributed by atoms with Crippen LogP contribution >= 0.6 is 38.6 Å². The molecule has 112 valence electrons. The fourth-order valence-electron chi connectivity index (χ4n) is 2.54. The Kier molecular flexibility index (Phi) is 4.78. The molecular formula is C15H17BrN2OS2. The number of nitrogens with zero attached hydrogens (tertiary/aromatic N) is 1. The minimum atomic E-state index is 0.0192. The van der Waals surface area contributed by atoms with E-state index in [2.05, 4.69) is 44.5 Å². The van der Waals surface area contributed by atoms with Crippen molar-refractivity contribution in [2.24, 2.45) is 0 Å². The Morgan fingerprint density at radius 3 is 3.10 bits per heavy atom. The van der Waals surface area contributed by atoms with E-state index in [1.807, 2.05) is 23.5 Å². The maximum Gasteiger partial charge on any atom is 0.261 e. The Morgan fingerprint density at radius 2 is 2.33 bits per heavy atom. The Bertz CT molecular complexity index is 637. The number of hydrogen-bond acceptors (Lipinski definition) is 4. The van der Waals surface area contributed by atoms with E-state index >= 15 is 0 Å². The number of carbonyl (C=O) groups excluding carboxylic acids is 1. The van der Waals surface area contributed by atoms with Crippen LogP contribution in [0.4, 0.5) is 0 Å². The van der Waals surface area contributed by atoms with E-state index < -0.39 is 0 Å². The monoisotopic (exact) mass is 384 g/mol. The van der Waals surface area contributed by atoms with Crippen LogP contribution in [0.1, 0.15) is 27.0 Å². The number of fused-ring (bicyclic) bond motifs is 1. The van der Waals surface area contributed by atoms with Crippen molar-refractivity contribution in [2.45, 2.75) is 25.9 Å². The first-order valence-corrected chi connectivity index (χ1v) is 9.45. The van der Waals surface area contributed by atoms with Crippen LogP contribution in [0, 0.1) is 0 Å². The Balaban J connectivity index is 1.53. The molecule has 6 heteroatoms. The molecule has 1 atom stereocenters. The molecule has 3 nitrogen and oxygen atoms in total. The van der Waals surface area contributed by atoms with Gasteiger partial charge in [-0.3, -0.25) is 9.69 Å². The quantitative estimate of drug-likeness (QED) is 0.870. The minimum Gasteiger partial charge on any atom is -0.350 e. The van der Waals surface area contributed by atoms with Crippen LogP contribution in [0.25, 0.3) is 0 Å². The van der Waals surface area contributed by atoms with Gasteiger partial charge in [-0.1, -0.05) is 0 Å². The summed E-state index contributed by atoms with van der Waals surface area (Å²) < 4.78 is 0.988. The number of hydrogen-bond donors (Lipinski definition) is 1. The summed E-state index contributed by atoms with van der Waals surface area (Å²) in [5, 5.41) is 5.21. The number of nitrogens with one attached hydrogen (secondary N) is 1. The van der Waals surface area contributed by atoms with Gasteiger partial charge in [0.1, 0.15) is 0 Å². The first-order chi connectivity index (χ1) is 10.1. The molecule has 1 aliphatic rings. The molecule has 0 saturated heterocycles. The summed E-state index contributed by atoms with van der Waals surface area (Å²) in [6.07, 6.45) is 1.13. The molecule has 0 bridgehead atoms. The third-order valence-corrected chi connectivity index (χ3v) is 6.46.